The molecule has 1 heterocycles. The molecule has 2 atom stereocenters. The molecule has 0 aliphatic carbocycles. The number of benzene rings is 1. The van der Waals surface area contributed by atoms with Crippen molar-refractivity contribution in [3.63, 3.8) is 0 Å². The maximum absolute atomic E-state index is 12.9. The van der Waals surface area contributed by atoms with E-state index in [9.17, 15) is 14.4 Å². The molecule has 0 fully saturated rings. The van der Waals surface area contributed by atoms with E-state index in [4.69, 9.17) is 15.3 Å². The molecule has 27 heavy (non-hydrogen) atoms. The molecule has 0 saturated heterocycles. The number of anilines is 1. The quantitative estimate of drug-likeness (QED) is 0.615. The molecule has 2 aromatic rings. The van der Waals surface area contributed by atoms with E-state index in [0.29, 0.717) is 17.4 Å². The summed E-state index contributed by atoms with van der Waals surface area (Å²) in [7, 11) is 0. The highest BCUT2D eigenvalue weighted by Gasteiger charge is 2.31. The lowest BCUT2D eigenvalue weighted by molar-refractivity contribution is -0.119. The van der Waals surface area contributed by atoms with E-state index in [1.165, 1.54) is 0 Å². The van der Waals surface area contributed by atoms with Crippen LogP contribution in [0.25, 0.3) is 11.0 Å². The zero-order valence-electron chi connectivity index (χ0n) is 15.8. The summed E-state index contributed by atoms with van der Waals surface area (Å²) in [5.74, 6) is -1.87. The Labute approximate surface area is 157 Å². The monoisotopic (exact) mass is 375 g/mol. The van der Waals surface area contributed by atoms with Gasteiger partial charge in [-0.15, -0.1) is 0 Å². The summed E-state index contributed by atoms with van der Waals surface area (Å²) >= 11 is 0. The number of hydrogen-bond acceptors (Lipinski definition) is 4. The minimum absolute atomic E-state index is 0.0984. The predicted molar refractivity (Wildman–Crippen MR) is 102 cm³/mol. The Kier molecular flexibility index (Phi) is 5.78. The number of rotatable bonds is 6. The third-order valence-electron chi connectivity index (χ3n) is 4.13. The van der Waals surface area contributed by atoms with Crippen LogP contribution in [0.4, 0.5) is 10.5 Å². The number of furan rings is 1. The molecule has 0 aliphatic rings. The van der Waals surface area contributed by atoms with E-state index in [-0.39, 0.29) is 22.8 Å². The standard InChI is InChI=1S/C19H25N3O5/c1-10(9-19(2,3)4)13(22-18(25)26)17(24)21-14-11-7-5-6-8-12(11)27-15(14)16(20)23/h5-8,10,13,22H,9H2,1-4H3,(H2,20,23)(H,21,24)(H,25,26). The summed E-state index contributed by atoms with van der Waals surface area (Å²) in [5, 5.41) is 14.5. The number of fused-ring (bicyclic) bond motifs is 1. The molecule has 0 bridgehead atoms. The normalized spacial score (nSPS) is 13.8. The van der Waals surface area contributed by atoms with Crippen molar-refractivity contribution in [3.8, 4) is 0 Å². The van der Waals surface area contributed by atoms with E-state index in [2.05, 4.69) is 10.6 Å². The third-order valence-corrected chi connectivity index (χ3v) is 4.13. The Morgan fingerprint density at radius 1 is 1.22 bits per heavy atom. The van der Waals surface area contributed by atoms with Gasteiger partial charge in [0, 0.05) is 5.39 Å². The van der Waals surface area contributed by atoms with Crippen molar-refractivity contribution in [3.05, 3.63) is 30.0 Å². The highest BCUT2D eigenvalue weighted by atomic mass is 16.4. The van der Waals surface area contributed by atoms with Gasteiger partial charge in [0.1, 0.15) is 17.3 Å². The van der Waals surface area contributed by atoms with Gasteiger partial charge in [-0.1, -0.05) is 39.8 Å². The Hall–Kier alpha value is -3.03. The fraction of sp³-hybridized carbons (Fsp3) is 0.421. The predicted octanol–water partition coefficient (Wildman–Crippen LogP) is 3.18. The molecule has 0 aliphatic heterocycles. The fourth-order valence-electron chi connectivity index (χ4n) is 3.23. The van der Waals surface area contributed by atoms with Crippen LogP contribution in [-0.4, -0.2) is 29.1 Å². The van der Waals surface area contributed by atoms with Gasteiger partial charge in [-0.3, -0.25) is 9.59 Å². The molecule has 2 rings (SSSR count). The number of primary amides is 1. The van der Waals surface area contributed by atoms with Crippen molar-refractivity contribution in [2.75, 3.05) is 5.32 Å². The van der Waals surface area contributed by atoms with Gasteiger partial charge in [0.15, 0.2) is 0 Å². The molecule has 0 saturated carbocycles. The smallest absolute Gasteiger partial charge is 0.405 e. The van der Waals surface area contributed by atoms with Gasteiger partial charge in [-0.2, -0.15) is 0 Å². The molecule has 8 nitrogen and oxygen atoms in total. The van der Waals surface area contributed by atoms with Crippen molar-refractivity contribution >= 4 is 34.6 Å². The van der Waals surface area contributed by atoms with Crippen LogP contribution in [0.2, 0.25) is 0 Å². The summed E-state index contributed by atoms with van der Waals surface area (Å²) in [4.78, 5) is 35.8. The zero-order valence-corrected chi connectivity index (χ0v) is 15.8. The number of nitrogens with one attached hydrogen (secondary N) is 2. The first kappa shape index (κ1) is 20.3. The Balaban J connectivity index is 2.37. The lowest BCUT2D eigenvalue weighted by atomic mass is 9.82. The Morgan fingerprint density at radius 2 is 1.85 bits per heavy atom. The van der Waals surface area contributed by atoms with Crippen LogP contribution in [0.1, 0.15) is 44.7 Å². The van der Waals surface area contributed by atoms with Crippen molar-refractivity contribution in [2.24, 2.45) is 17.1 Å². The van der Waals surface area contributed by atoms with Gasteiger partial charge in [0.05, 0.1) is 0 Å². The topological polar surface area (TPSA) is 135 Å². The van der Waals surface area contributed by atoms with Gasteiger partial charge >= 0.3 is 6.09 Å². The number of carbonyl (C=O) groups is 3. The van der Waals surface area contributed by atoms with E-state index in [0.717, 1.165) is 0 Å². The van der Waals surface area contributed by atoms with Crippen LogP contribution in [-0.2, 0) is 4.79 Å². The van der Waals surface area contributed by atoms with E-state index >= 15 is 0 Å². The molecular formula is C19H25N3O5. The van der Waals surface area contributed by atoms with Crippen molar-refractivity contribution in [1.82, 2.24) is 5.32 Å². The van der Waals surface area contributed by atoms with E-state index in [1.54, 1.807) is 31.2 Å². The van der Waals surface area contributed by atoms with E-state index < -0.39 is 23.9 Å². The van der Waals surface area contributed by atoms with Gasteiger partial charge < -0.3 is 25.9 Å². The lowest BCUT2D eigenvalue weighted by Gasteiger charge is -2.29. The first-order valence-corrected chi connectivity index (χ1v) is 8.61. The number of hydrogen-bond donors (Lipinski definition) is 4. The Morgan fingerprint density at radius 3 is 2.41 bits per heavy atom. The molecular weight excluding hydrogens is 350 g/mol. The molecule has 1 aromatic heterocycles. The second-order valence-electron chi connectivity index (χ2n) is 7.83. The summed E-state index contributed by atoms with van der Waals surface area (Å²) in [6.45, 7) is 7.82. The van der Waals surface area contributed by atoms with Crippen molar-refractivity contribution < 1.29 is 23.9 Å². The molecule has 1 aromatic carbocycles. The number of nitrogens with two attached hydrogens (primary N) is 1. The number of amides is 3. The fourth-order valence-corrected chi connectivity index (χ4v) is 3.23. The van der Waals surface area contributed by atoms with Crippen LogP contribution in [0.5, 0.6) is 0 Å². The maximum Gasteiger partial charge on any atom is 0.405 e. The van der Waals surface area contributed by atoms with Crippen molar-refractivity contribution in [2.45, 2.75) is 40.2 Å². The van der Waals surface area contributed by atoms with Crippen molar-refractivity contribution in [1.29, 1.82) is 0 Å². The molecule has 8 heteroatoms. The highest BCUT2D eigenvalue weighted by Crippen LogP contribution is 2.32. The summed E-state index contributed by atoms with van der Waals surface area (Å²) in [6, 6.07) is 5.78. The molecule has 0 radical (unpaired) electrons. The van der Waals surface area contributed by atoms with Gasteiger partial charge in [-0.25, -0.2) is 4.79 Å². The third kappa shape index (κ3) is 4.99. The second kappa shape index (κ2) is 7.69. The van der Waals surface area contributed by atoms with Gasteiger partial charge in [0.25, 0.3) is 5.91 Å². The number of carboxylic acid groups (broad SMARTS) is 1. The second-order valence-corrected chi connectivity index (χ2v) is 7.83. The number of para-hydroxylation sites is 1. The summed E-state index contributed by atoms with van der Waals surface area (Å²) in [5.41, 5.74) is 5.80. The summed E-state index contributed by atoms with van der Waals surface area (Å²) in [6.07, 6.45) is -0.691. The average molecular weight is 375 g/mol. The van der Waals surface area contributed by atoms with Gasteiger partial charge in [0.2, 0.25) is 11.7 Å². The molecule has 2 unspecified atom stereocenters. The first-order valence-electron chi connectivity index (χ1n) is 8.61. The minimum Gasteiger partial charge on any atom is -0.465 e. The van der Waals surface area contributed by atoms with Crippen LogP contribution in [0.3, 0.4) is 0 Å². The average Bonchev–Trinajstić information content (AvgIpc) is 2.89. The minimum atomic E-state index is -1.30. The molecule has 5 N–H and O–H groups in total. The van der Waals surface area contributed by atoms with Gasteiger partial charge in [-0.05, 0) is 29.9 Å². The first-order chi connectivity index (χ1) is 12.5. The Bertz CT molecular complexity index is 866. The number of carbonyl (C=O) groups excluding carboxylic acids is 2. The lowest BCUT2D eigenvalue weighted by Crippen LogP contribution is -2.48. The van der Waals surface area contributed by atoms with Crippen LogP contribution in [0, 0.1) is 11.3 Å². The maximum atomic E-state index is 12.9. The SMILES string of the molecule is CC(CC(C)(C)C)C(NC(=O)O)C(=O)Nc1c(C(N)=O)oc2ccccc12. The molecule has 0 spiro atoms. The molecule has 146 valence electrons. The highest BCUT2D eigenvalue weighted by molar-refractivity contribution is 6.11. The van der Waals surface area contributed by atoms with Crippen LogP contribution < -0.4 is 16.4 Å². The summed E-state index contributed by atoms with van der Waals surface area (Å²) < 4.78 is 5.44. The largest absolute Gasteiger partial charge is 0.465 e. The van der Waals surface area contributed by atoms with Crippen LogP contribution in [0.15, 0.2) is 28.7 Å². The molecule has 3 amide bonds. The zero-order chi connectivity index (χ0) is 20.4. The van der Waals surface area contributed by atoms with Crippen LogP contribution >= 0.6 is 0 Å². The van der Waals surface area contributed by atoms with E-state index in [1.807, 2.05) is 20.8 Å².